The van der Waals surface area contributed by atoms with Crippen molar-refractivity contribution < 1.29 is 30.2 Å². The van der Waals surface area contributed by atoms with E-state index < -0.39 is 8.80 Å². The summed E-state index contributed by atoms with van der Waals surface area (Å²) < 4.78 is 17.6. The van der Waals surface area contributed by atoms with Gasteiger partial charge in [-0.2, -0.15) is 0 Å². The Kier molecular flexibility index (Phi) is 19.2. The zero-order valence-electron chi connectivity index (χ0n) is 18.4. The molecule has 0 radical (unpaired) electrons. The summed E-state index contributed by atoms with van der Waals surface area (Å²) in [5, 5.41) is 0. The van der Waals surface area contributed by atoms with Gasteiger partial charge in [-0.25, -0.2) is 0 Å². The van der Waals surface area contributed by atoms with Crippen LogP contribution >= 0.6 is 0 Å². The zero-order valence-corrected chi connectivity index (χ0v) is 20.2. The average molecular weight is 412 g/mol. The Balaban J connectivity index is 0. The molecule has 0 saturated carbocycles. The van der Waals surface area contributed by atoms with Gasteiger partial charge in [-0.05, 0) is 12.8 Å². The summed E-state index contributed by atoms with van der Waals surface area (Å²) in [6.45, 7) is 4.70. The molecule has 0 fully saturated rings. The Morgan fingerprint density at radius 1 is 0.615 bits per heavy atom. The fourth-order valence-corrected chi connectivity index (χ4v) is 5.12. The lowest BCUT2D eigenvalue weighted by Crippen LogP contribution is -3.00. The van der Waals surface area contributed by atoms with E-state index in [0.29, 0.717) is 0 Å². The van der Waals surface area contributed by atoms with Gasteiger partial charge in [0.25, 0.3) is 0 Å². The van der Waals surface area contributed by atoms with Crippen LogP contribution in [0.25, 0.3) is 0 Å². The van der Waals surface area contributed by atoms with Crippen LogP contribution in [0.5, 0.6) is 0 Å². The van der Waals surface area contributed by atoms with Gasteiger partial charge >= 0.3 is 8.80 Å². The fourth-order valence-electron chi connectivity index (χ4n) is 3.42. The molecular formula is C20H46ClNO3Si. The van der Waals surface area contributed by atoms with Crippen LogP contribution in [-0.2, 0) is 13.3 Å². The minimum Gasteiger partial charge on any atom is -1.00 e. The van der Waals surface area contributed by atoms with Gasteiger partial charge in [0, 0.05) is 33.8 Å². The van der Waals surface area contributed by atoms with Crippen LogP contribution < -0.4 is 12.4 Å². The number of quaternary nitrogens is 1. The molecular weight excluding hydrogens is 366 g/mol. The van der Waals surface area contributed by atoms with Gasteiger partial charge in [-0.1, -0.05) is 58.3 Å². The van der Waals surface area contributed by atoms with E-state index in [1.54, 1.807) is 21.3 Å². The topological polar surface area (TPSA) is 27.7 Å². The van der Waals surface area contributed by atoms with E-state index in [2.05, 4.69) is 21.0 Å². The third-order valence-electron chi connectivity index (χ3n) is 5.30. The normalized spacial score (nSPS) is 12.2. The second-order valence-corrected chi connectivity index (χ2v) is 11.1. The Morgan fingerprint density at radius 3 is 1.42 bits per heavy atom. The first kappa shape index (κ1) is 28.6. The number of hydrogen-bond donors (Lipinski definition) is 0. The highest BCUT2D eigenvalue weighted by Gasteiger charge is 2.37. The van der Waals surface area contributed by atoms with Crippen molar-refractivity contribution in [3.05, 3.63) is 0 Å². The molecule has 0 saturated heterocycles. The van der Waals surface area contributed by atoms with Crippen molar-refractivity contribution in [1.29, 1.82) is 0 Å². The summed E-state index contributed by atoms with van der Waals surface area (Å²) in [5.74, 6) is 0. The third kappa shape index (κ3) is 14.4. The van der Waals surface area contributed by atoms with Crippen molar-refractivity contribution in [3.8, 4) is 0 Å². The number of unbranched alkanes of at least 4 members (excludes halogenated alkanes) is 9. The van der Waals surface area contributed by atoms with Gasteiger partial charge < -0.3 is 30.2 Å². The quantitative estimate of drug-likeness (QED) is 0.197. The minimum atomic E-state index is -2.39. The molecule has 0 aliphatic carbocycles. The number of halogens is 1. The van der Waals surface area contributed by atoms with Crippen molar-refractivity contribution in [2.45, 2.75) is 83.6 Å². The summed E-state index contributed by atoms with van der Waals surface area (Å²) in [5.41, 5.74) is 0. The molecule has 0 aromatic heterocycles. The average Bonchev–Trinajstić information content (AvgIpc) is 2.60. The highest BCUT2D eigenvalue weighted by molar-refractivity contribution is 6.60. The predicted octanol–water partition coefficient (Wildman–Crippen LogP) is 2.26. The fraction of sp³-hybridized carbons (Fsp3) is 1.00. The van der Waals surface area contributed by atoms with Gasteiger partial charge in [0.1, 0.15) is 0 Å². The van der Waals surface area contributed by atoms with Gasteiger partial charge in [0.15, 0.2) is 0 Å². The Bertz CT molecular complexity index is 295. The Hall–Kier alpha value is 0.347. The summed E-state index contributed by atoms with van der Waals surface area (Å²) >= 11 is 0. The van der Waals surface area contributed by atoms with Gasteiger partial charge in [-0.3, -0.25) is 0 Å². The van der Waals surface area contributed by atoms with E-state index in [1.165, 1.54) is 70.8 Å². The summed E-state index contributed by atoms with van der Waals surface area (Å²) in [6.07, 6.45) is 15.1. The molecule has 0 bridgehead atoms. The third-order valence-corrected chi connectivity index (χ3v) is 8.13. The van der Waals surface area contributed by atoms with E-state index >= 15 is 0 Å². The molecule has 0 N–H and O–H groups in total. The van der Waals surface area contributed by atoms with Crippen LogP contribution in [0.4, 0.5) is 0 Å². The van der Waals surface area contributed by atoms with Crippen LogP contribution in [-0.4, -0.2) is 61.8 Å². The molecule has 0 unspecified atom stereocenters. The van der Waals surface area contributed by atoms with E-state index in [-0.39, 0.29) is 12.4 Å². The van der Waals surface area contributed by atoms with Crippen LogP contribution in [0.1, 0.15) is 77.6 Å². The van der Waals surface area contributed by atoms with E-state index in [1.807, 2.05) is 0 Å². The van der Waals surface area contributed by atoms with E-state index in [9.17, 15) is 0 Å². The smallest absolute Gasteiger partial charge is 0.500 e. The maximum atomic E-state index is 5.51. The minimum absolute atomic E-state index is 0. The van der Waals surface area contributed by atoms with Crippen molar-refractivity contribution in [2.75, 3.05) is 48.5 Å². The second-order valence-electron chi connectivity index (χ2n) is 7.96. The van der Waals surface area contributed by atoms with Crippen molar-refractivity contribution >= 4 is 8.80 Å². The number of rotatable bonds is 18. The Labute approximate surface area is 171 Å². The van der Waals surface area contributed by atoms with Crippen LogP contribution in [0.2, 0.25) is 6.04 Å². The van der Waals surface area contributed by atoms with E-state index in [4.69, 9.17) is 13.3 Å². The summed E-state index contributed by atoms with van der Waals surface area (Å²) in [6, 6.07) is 0.899. The standard InChI is InChI=1S/C20H46NO3Si.ClH/c1-7-8-9-10-11-12-13-14-15-16-18-21(2,3)19-17-20-25(22-4,23-5)24-6;/h7-20H2,1-6H3;1H/q+1;/p-1. The Morgan fingerprint density at radius 2 is 1.00 bits per heavy atom. The number of nitrogens with zero attached hydrogens (tertiary/aromatic N) is 1. The van der Waals surface area contributed by atoms with Crippen molar-refractivity contribution in [3.63, 3.8) is 0 Å². The summed E-state index contributed by atoms with van der Waals surface area (Å²) in [4.78, 5) is 0. The largest absolute Gasteiger partial charge is 1.00 e. The molecule has 0 aromatic rings. The molecule has 0 amide bonds. The van der Waals surface area contributed by atoms with Gasteiger partial charge in [-0.15, -0.1) is 0 Å². The zero-order chi connectivity index (χ0) is 19.0. The molecule has 4 nitrogen and oxygen atoms in total. The molecule has 0 aliphatic heterocycles. The van der Waals surface area contributed by atoms with Gasteiger partial charge in [0.05, 0.1) is 27.2 Å². The van der Waals surface area contributed by atoms with Crippen molar-refractivity contribution in [2.24, 2.45) is 0 Å². The van der Waals surface area contributed by atoms with Crippen LogP contribution in [0, 0.1) is 0 Å². The van der Waals surface area contributed by atoms with Crippen molar-refractivity contribution in [1.82, 2.24) is 0 Å². The molecule has 160 valence electrons. The molecule has 0 rings (SSSR count). The lowest BCUT2D eigenvalue weighted by atomic mass is 10.1. The van der Waals surface area contributed by atoms with Gasteiger partial charge in [0.2, 0.25) is 0 Å². The lowest BCUT2D eigenvalue weighted by Gasteiger charge is -2.31. The molecule has 0 atom stereocenters. The molecule has 0 aliphatic rings. The highest BCUT2D eigenvalue weighted by atomic mass is 35.5. The van der Waals surface area contributed by atoms with Crippen LogP contribution in [0.15, 0.2) is 0 Å². The first-order chi connectivity index (χ1) is 11.9. The SMILES string of the molecule is CCCCCCCCCCCC[N+](C)(C)CCC[Si](OC)(OC)OC.[Cl-]. The predicted molar refractivity (Wildman–Crippen MR) is 110 cm³/mol. The first-order valence-electron chi connectivity index (χ1n) is 10.4. The first-order valence-corrected chi connectivity index (χ1v) is 12.4. The monoisotopic (exact) mass is 411 g/mol. The number of hydrogen-bond acceptors (Lipinski definition) is 3. The molecule has 6 heteroatoms. The molecule has 0 aromatic carbocycles. The van der Waals surface area contributed by atoms with Crippen LogP contribution in [0.3, 0.4) is 0 Å². The molecule has 0 spiro atoms. The second kappa shape index (κ2) is 17.4. The molecule has 26 heavy (non-hydrogen) atoms. The maximum absolute atomic E-state index is 5.51. The highest BCUT2D eigenvalue weighted by Crippen LogP contribution is 2.17. The lowest BCUT2D eigenvalue weighted by molar-refractivity contribution is -0.890. The maximum Gasteiger partial charge on any atom is 0.500 e. The molecule has 0 heterocycles. The van der Waals surface area contributed by atoms with E-state index in [0.717, 1.165) is 23.5 Å². The summed E-state index contributed by atoms with van der Waals surface area (Å²) in [7, 11) is 7.37.